The van der Waals surface area contributed by atoms with Crippen molar-refractivity contribution >= 4 is 17.0 Å². The zero-order valence-electron chi connectivity index (χ0n) is 13.2. The van der Waals surface area contributed by atoms with Crippen molar-refractivity contribution in [2.24, 2.45) is 5.92 Å². The van der Waals surface area contributed by atoms with E-state index in [1.54, 1.807) is 10.9 Å². The van der Waals surface area contributed by atoms with Gasteiger partial charge in [0.1, 0.15) is 5.39 Å². The zero-order chi connectivity index (χ0) is 16.0. The number of nitrogens with one attached hydrogen (secondary N) is 1. The van der Waals surface area contributed by atoms with Gasteiger partial charge in [-0.05, 0) is 31.4 Å². The average Bonchev–Trinajstić information content (AvgIpc) is 3.13. The van der Waals surface area contributed by atoms with Crippen LogP contribution in [0.2, 0.25) is 0 Å². The molecule has 118 valence electrons. The first kappa shape index (κ1) is 14.0. The summed E-state index contributed by atoms with van der Waals surface area (Å²) in [5.41, 5.74) is 1.36. The van der Waals surface area contributed by atoms with E-state index in [2.05, 4.69) is 28.8 Å². The van der Waals surface area contributed by atoms with Crippen LogP contribution in [0, 0.1) is 5.92 Å². The summed E-state index contributed by atoms with van der Waals surface area (Å²) in [5.74, 6) is 1.23. The van der Waals surface area contributed by atoms with Gasteiger partial charge in [0.05, 0.1) is 11.9 Å². The van der Waals surface area contributed by atoms with Crippen LogP contribution in [0.4, 0.5) is 5.95 Å². The van der Waals surface area contributed by atoms with E-state index in [4.69, 9.17) is 4.98 Å². The number of aromatic amines is 1. The van der Waals surface area contributed by atoms with Crippen LogP contribution in [-0.4, -0.2) is 32.3 Å². The normalized spacial score (nSPS) is 21.2. The van der Waals surface area contributed by atoms with Gasteiger partial charge < -0.3 is 4.90 Å². The predicted octanol–water partition coefficient (Wildman–Crippen LogP) is 2.34. The summed E-state index contributed by atoms with van der Waals surface area (Å²) >= 11 is 0. The second-order valence-electron chi connectivity index (χ2n) is 6.22. The summed E-state index contributed by atoms with van der Waals surface area (Å²) in [5, 5.41) is 4.86. The van der Waals surface area contributed by atoms with Crippen LogP contribution in [0.5, 0.6) is 0 Å². The van der Waals surface area contributed by atoms with Crippen molar-refractivity contribution < 1.29 is 0 Å². The molecule has 2 unspecified atom stereocenters. The first-order chi connectivity index (χ1) is 11.1. The zero-order valence-corrected chi connectivity index (χ0v) is 13.2. The van der Waals surface area contributed by atoms with Crippen molar-refractivity contribution in [3.63, 3.8) is 0 Å². The topological polar surface area (TPSA) is 66.8 Å². The first-order valence-electron chi connectivity index (χ1n) is 7.95. The third-order valence-corrected chi connectivity index (χ3v) is 4.84. The number of benzene rings is 1. The molecule has 0 aliphatic carbocycles. The predicted molar refractivity (Wildman–Crippen MR) is 90.1 cm³/mol. The minimum Gasteiger partial charge on any atom is -0.339 e. The van der Waals surface area contributed by atoms with E-state index < -0.39 is 0 Å². The molecule has 6 nitrogen and oxygen atoms in total. The second kappa shape index (κ2) is 5.22. The molecule has 0 saturated carbocycles. The highest BCUT2D eigenvalue weighted by Gasteiger charge is 2.29. The Bertz CT molecular complexity index is 898. The van der Waals surface area contributed by atoms with Gasteiger partial charge in [0, 0.05) is 12.6 Å². The number of nitrogens with zero attached hydrogens (tertiary/aromatic N) is 4. The molecule has 1 aliphatic heterocycles. The van der Waals surface area contributed by atoms with Crippen molar-refractivity contribution in [3.8, 4) is 5.69 Å². The van der Waals surface area contributed by atoms with E-state index in [-0.39, 0.29) is 5.56 Å². The first-order valence-corrected chi connectivity index (χ1v) is 7.95. The maximum Gasteiger partial charge on any atom is 0.263 e. The smallest absolute Gasteiger partial charge is 0.263 e. The number of hydrogen-bond acceptors (Lipinski definition) is 4. The van der Waals surface area contributed by atoms with Crippen LogP contribution in [-0.2, 0) is 0 Å². The molecule has 0 spiro atoms. The number of fused-ring (bicyclic) bond motifs is 1. The Morgan fingerprint density at radius 1 is 1.22 bits per heavy atom. The lowest BCUT2D eigenvalue weighted by atomic mass is 10.1. The SMILES string of the molecule is CC1CCN(c2nc3c(cnn3-c3ccccc3)c(=O)[nH]2)C1C. The van der Waals surface area contributed by atoms with E-state index in [0.29, 0.717) is 28.9 Å². The van der Waals surface area contributed by atoms with Crippen LogP contribution in [0.1, 0.15) is 20.3 Å². The summed E-state index contributed by atoms with van der Waals surface area (Å²) in [6.45, 7) is 5.32. The maximum absolute atomic E-state index is 12.4. The standard InChI is InChI=1S/C17H19N5O/c1-11-8-9-21(12(11)2)17-19-15-14(16(23)20-17)10-18-22(15)13-6-4-3-5-7-13/h3-7,10-12H,8-9H2,1-2H3,(H,19,20,23). The molecule has 1 saturated heterocycles. The monoisotopic (exact) mass is 309 g/mol. The molecular weight excluding hydrogens is 290 g/mol. The Balaban J connectivity index is 1.88. The molecule has 2 aromatic heterocycles. The number of anilines is 1. The summed E-state index contributed by atoms with van der Waals surface area (Å²) < 4.78 is 1.72. The molecule has 6 heteroatoms. The van der Waals surface area contributed by atoms with Gasteiger partial charge in [-0.15, -0.1) is 0 Å². The largest absolute Gasteiger partial charge is 0.339 e. The van der Waals surface area contributed by atoms with Gasteiger partial charge in [0.2, 0.25) is 5.95 Å². The number of aromatic nitrogens is 4. The highest BCUT2D eigenvalue weighted by Crippen LogP contribution is 2.27. The number of para-hydroxylation sites is 1. The van der Waals surface area contributed by atoms with Crippen molar-refractivity contribution in [2.45, 2.75) is 26.3 Å². The van der Waals surface area contributed by atoms with Crippen molar-refractivity contribution in [2.75, 3.05) is 11.4 Å². The van der Waals surface area contributed by atoms with Gasteiger partial charge in [-0.3, -0.25) is 9.78 Å². The Morgan fingerprint density at radius 2 is 2.00 bits per heavy atom. The van der Waals surface area contributed by atoms with Gasteiger partial charge in [-0.2, -0.15) is 10.1 Å². The van der Waals surface area contributed by atoms with E-state index in [0.717, 1.165) is 18.7 Å². The highest BCUT2D eigenvalue weighted by molar-refractivity contribution is 5.76. The fourth-order valence-corrected chi connectivity index (χ4v) is 3.19. The summed E-state index contributed by atoms with van der Waals surface area (Å²) in [6.07, 6.45) is 2.69. The fourth-order valence-electron chi connectivity index (χ4n) is 3.19. The molecular formula is C17H19N5O. The van der Waals surface area contributed by atoms with Crippen LogP contribution in [0.3, 0.4) is 0 Å². The Morgan fingerprint density at radius 3 is 2.70 bits per heavy atom. The molecule has 1 N–H and O–H groups in total. The van der Waals surface area contributed by atoms with E-state index >= 15 is 0 Å². The van der Waals surface area contributed by atoms with E-state index in [1.165, 1.54) is 0 Å². The lowest BCUT2D eigenvalue weighted by Crippen LogP contribution is -2.32. The van der Waals surface area contributed by atoms with Crippen molar-refractivity contribution in [1.82, 2.24) is 19.7 Å². The van der Waals surface area contributed by atoms with Gasteiger partial charge in [-0.1, -0.05) is 25.1 Å². The van der Waals surface area contributed by atoms with Crippen LogP contribution < -0.4 is 10.5 Å². The Labute approximate surface area is 133 Å². The quantitative estimate of drug-likeness (QED) is 0.789. The molecule has 3 heterocycles. The number of hydrogen-bond donors (Lipinski definition) is 1. The summed E-state index contributed by atoms with van der Waals surface area (Å²) in [4.78, 5) is 22.2. The maximum atomic E-state index is 12.4. The molecule has 0 bridgehead atoms. The minimum absolute atomic E-state index is 0.140. The molecule has 0 amide bonds. The van der Waals surface area contributed by atoms with Gasteiger partial charge in [-0.25, -0.2) is 4.68 Å². The molecule has 1 fully saturated rings. The number of rotatable bonds is 2. The molecule has 4 rings (SSSR count). The molecule has 1 aromatic carbocycles. The Kier molecular flexibility index (Phi) is 3.18. The molecule has 2 atom stereocenters. The van der Waals surface area contributed by atoms with Gasteiger partial charge >= 0.3 is 0 Å². The third-order valence-electron chi connectivity index (χ3n) is 4.84. The second-order valence-corrected chi connectivity index (χ2v) is 6.22. The molecule has 23 heavy (non-hydrogen) atoms. The van der Waals surface area contributed by atoms with Gasteiger partial charge in [0.25, 0.3) is 5.56 Å². The lowest BCUT2D eigenvalue weighted by Gasteiger charge is -2.23. The van der Waals surface area contributed by atoms with Crippen molar-refractivity contribution in [1.29, 1.82) is 0 Å². The van der Waals surface area contributed by atoms with Crippen molar-refractivity contribution in [3.05, 3.63) is 46.9 Å². The Hall–Kier alpha value is -2.63. The average molecular weight is 309 g/mol. The number of H-pyrrole nitrogens is 1. The van der Waals surface area contributed by atoms with Crippen LogP contribution in [0.15, 0.2) is 41.3 Å². The van der Waals surface area contributed by atoms with E-state index in [1.807, 2.05) is 30.3 Å². The highest BCUT2D eigenvalue weighted by atomic mass is 16.1. The molecule has 1 aliphatic rings. The third kappa shape index (κ3) is 2.21. The summed E-state index contributed by atoms with van der Waals surface area (Å²) in [7, 11) is 0. The van der Waals surface area contributed by atoms with Crippen LogP contribution >= 0.6 is 0 Å². The van der Waals surface area contributed by atoms with Crippen LogP contribution in [0.25, 0.3) is 16.7 Å². The minimum atomic E-state index is -0.140. The van der Waals surface area contributed by atoms with Gasteiger partial charge in [0.15, 0.2) is 5.65 Å². The summed E-state index contributed by atoms with van der Waals surface area (Å²) in [6, 6.07) is 10.1. The van der Waals surface area contributed by atoms with E-state index in [9.17, 15) is 4.79 Å². The molecule has 3 aromatic rings. The molecule has 0 radical (unpaired) electrons. The lowest BCUT2D eigenvalue weighted by molar-refractivity contribution is 0.542. The fraction of sp³-hybridized carbons (Fsp3) is 0.353.